The van der Waals surface area contributed by atoms with E-state index in [2.05, 4.69) is 102 Å². The molecule has 2 N–H and O–H groups in total. The zero-order valence-corrected chi connectivity index (χ0v) is 23.8. The largest absolute Gasteiger partial charge is 0.511 e. The van der Waals surface area contributed by atoms with Crippen LogP contribution in [0.15, 0.2) is 36.7 Å². The van der Waals surface area contributed by atoms with Gasteiger partial charge in [-0.15, -0.1) is 0 Å². The Morgan fingerprint density at radius 2 is 1.09 bits per heavy atom. The minimum atomic E-state index is -0.218. The second-order valence-corrected chi connectivity index (χ2v) is 13.9. The Hall–Kier alpha value is -2.75. The summed E-state index contributed by atoms with van der Waals surface area (Å²) in [5.41, 5.74) is 4.88. The second kappa shape index (κ2) is 8.43. The maximum atomic E-state index is 11.3. The number of phenols is 2. The number of nitrogens with zero attached hydrogens (tertiary/aromatic N) is 2. The van der Waals surface area contributed by atoms with Crippen molar-refractivity contribution in [1.29, 1.82) is 0 Å². The number of hydrogen-bond donors (Lipinski definition) is 2. The molecule has 0 aliphatic carbocycles. The van der Waals surface area contributed by atoms with Crippen LogP contribution >= 0.6 is 0 Å². The zero-order chi connectivity index (χ0) is 26.7. The number of benzene rings is 2. The summed E-state index contributed by atoms with van der Waals surface area (Å²) < 4.78 is 3.64. The first-order chi connectivity index (χ1) is 15.7. The molecule has 1 aromatic heterocycles. The van der Waals surface area contributed by atoms with Crippen LogP contribution in [0.25, 0.3) is 11.4 Å². The summed E-state index contributed by atoms with van der Waals surface area (Å²) in [5, 5.41) is 22.6. The highest BCUT2D eigenvalue weighted by atomic mass is 16.3. The van der Waals surface area contributed by atoms with Crippen molar-refractivity contribution in [3.05, 3.63) is 65.2 Å². The fourth-order valence-electron chi connectivity index (χ4n) is 4.20. The van der Waals surface area contributed by atoms with Gasteiger partial charge in [-0.2, -0.15) is 0 Å². The Balaban J connectivity index is 2.26. The summed E-state index contributed by atoms with van der Waals surface area (Å²) in [4.78, 5) is 0. The molecule has 0 fully saturated rings. The lowest BCUT2D eigenvalue weighted by atomic mass is 9.79. The van der Waals surface area contributed by atoms with Gasteiger partial charge in [0.2, 0.25) is 0 Å². The van der Waals surface area contributed by atoms with E-state index in [1.54, 1.807) is 0 Å². The summed E-state index contributed by atoms with van der Waals surface area (Å²) in [6.45, 7) is 25.8. The van der Waals surface area contributed by atoms with Crippen molar-refractivity contribution >= 4 is 0 Å². The number of rotatable bonds is 2. The van der Waals surface area contributed by atoms with Crippen molar-refractivity contribution < 1.29 is 14.8 Å². The molecule has 4 heteroatoms. The van der Waals surface area contributed by atoms with Gasteiger partial charge in [0, 0.05) is 12.4 Å². The smallest absolute Gasteiger partial charge is 0.269 e. The quantitative estimate of drug-likeness (QED) is 0.305. The maximum Gasteiger partial charge on any atom is 0.269 e. The summed E-state index contributed by atoms with van der Waals surface area (Å²) in [6.07, 6.45) is 7.12. The highest BCUT2D eigenvalue weighted by Gasteiger charge is 2.28. The lowest BCUT2D eigenvalue weighted by molar-refractivity contribution is -0.600. The molecule has 1 heterocycles. The Morgan fingerprint density at radius 3 is 1.54 bits per heavy atom. The summed E-state index contributed by atoms with van der Waals surface area (Å²) in [5.74, 6) is 0.514. The van der Waals surface area contributed by atoms with Crippen LogP contribution in [0, 0.1) is 6.33 Å². The molecular weight excluding hydrogens is 432 g/mol. The van der Waals surface area contributed by atoms with Crippen molar-refractivity contribution in [2.75, 3.05) is 0 Å². The van der Waals surface area contributed by atoms with Crippen LogP contribution in [0.3, 0.4) is 0 Å². The third kappa shape index (κ3) is 5.42. The molecular formula is C31H44N2O2. The Labute approximate surface area is 212 Å². The van der Waals surface area contributed by atoms with E-state index in [4.69, 9.17) is 0 Å². The normalized spacial score (nSPS) is 13.4. The third-order valence-corrected chi connectivity index (χ3v) is 6.63. The van der Waals surface area contributed by atoms with Crippen LogP contribution in [-0.2, 0) is 21.7 Å². The standard InChI is InChI=1S/C31H44N2O2/c1-28(2,3)20-15-22(30(7,8)9)26(34)24(17-20)32-13-14-33(19-32)25-18-21(29(4,5)6)16-23(27(25)35)31(10,11)12/h13-18,34-35H,1-12H3. The van der Waals surface area contributed by atoms with Gasteiger partial charge in [-0.3, -0.25) is 9.13 Å². The van der Waals surface area contributed by atoms with Gasteiger partial charge in [-0.25, -0.2) is 0 Å². The second-order valence-electron chi connectivity index (χ2n) is 13.9. The Bertz CT molecular complexity index is 1140. The minimum Gasteiger partial charge on any atom is -0.511 e. The van der Waals surface area contributed by atoms with E-state index in [0.717, 1.165) is 22.3 Å². The minimum absolute atomic E-state index is 0.0769. The first-order valence-electron chi connectivity index (χ1n) is 12.5. The van der Waals surface area contributed by atoms with E-state index in [9.17, 15) is 10.2 Å². The van der Waals surface area contributed by atoms with Crippen molar-refractivity contribution in [3.63, 3.8) is 0 Å². The van der Waals surface area contributed by atoms with Crippen molar-refractivity contribution in [2.45, 2.75) is 105 Å². The van der Waals surface area contributed by atoms with E-state index < -0.39 is 0 Å². The average molecular weight is 477 g/mol. The summed E-state index contributed by atoms with van der Waals surface area (Å²) in [6, 6.07) is 8.31. The summed E-state index contributed by atoms with van der Waals surface area (Å²) in [7, 11) is 0. The molecule has 0 radical (unpaired) electrons. The van der Waals surface area contributed by atoms with E-state index in [1.807, 2.05) is 33.7 Å². The zero-order valence-electron chi connectivity index (χ0n) is 23.8. The fourth-order valence-corrected chi connectivity index (χ4v) is 4.20. The molecule has 0 bridgehead atoms. The number of aromatic hydroxyl groups is 2. The first kappa shape index (κ1) is 26.8. The van der Waals surface area contributed by atoms with Gasteiger partial charge < -0.3 is 10.2 Å². The maximum absolute atomic E-state index is 11.3. The van der Waals surface area contributed by atoms with Crippen molar-refractivity contribution in [2.24, 2.45) is 0 Å². The van der Waals surface area contributed by atoms with Gasteiger partial charge in [-0.05, 0) is 56.0 Å². The van der Waals surface area contributed by atoms with E-state index >= 15 is 0 Å². The average Bonchev–Trinajstić information content (AvgIpc) is 3.14. The molecule has 190 valence electrons. The molecule has 0 aliphatic rings. The molecule has 0 spiro atoms. The summed E-state index contributed by atoms with van der Waals surface area (Å²) >= 11 is 0. The molecule has 4 nitrogen and oxygen atoms in total. The number of hydrogen-bond acceptors (Lipinski definition) is 2. The molecule has 35 heavy (non-hydrogen) atoms. The monoisotopic (exact) mass is 476 g/mol. The van der Waals surface area contributed by atoms with Crippen LogP contribution < -0.4 is 4.57 Å². The van der Waals surface area contributed by atoms with Crippen molar-refractivity contribution in [3.8, 4) is 22.9 Å². The van der Waals surface area contributed by atoms with E-state index in [-0.39, 0.29) is 33.2 Å². The highest BCUT2D eigenvalue weighted by molar-refractivity contribution is 5.57. The molecule has 0 atom stereocenters. The van der Waals surface area contributed by atoms with Crippen LogP contribution in [0.4, 0.5) is 0 Å². The Kier molecular flexibility index (Phi) is 6.46. The van der Waals surface area contributed by atoms with Gasteiger partial charge >= 0.3 is 0 Å². The van der Waals surface area contributed by atoms with Gasteiger partial charge in [0.1, 0.15) is 22.9 Å². The predicted octanol–water partition coefficient (Wildman–Crippen LogP) is 7.16. The Morgan fingerprint density at radius 1 is 0.629 bits per heavy atom. The van der Waals surface area contributed by atoms with Crippen LogP contribution in [0.2, 0.25) is 0 Å². The van der Waals surface area contributed by atoms with Crippen LogP contribution in [0.5, 0.6) is 11.5 Å². The van der Waals surface area contributed by atoms with Gasteiger partial charge in [-0.1, -0.05) is 95.2 Å². The highest BCUT2D eigenvalue weighted by Crippen LogP contribution is 2.40. The van der Waals surface area contributed by atoms with Crippen molar-refractivity contribution in [1.82, 2.24) is 4.57 Å². The lowest BCUT2D eigenvalue weighted by Gasteiger charge is -2.28. The third-order valence-electron chi connectivity index (χ3n) is 6.63. The topological polar surface area (TPSA) is 49.3 Å². The SMILES string of the molecule is CC(C)(C)c1cc(-n2[c-][n+](-c3cc(C(C)(C)C)cc(C(C)(C)C)c3O)cc2)c(O)c(C(C)(C)C)c1. The van der Waals surface area contributed by atoms with Gasteiger partial charge in [0.15, 0.2) is 0 Å². The number of imidazole rings is 1. The molecule has 0 saturated heterocycles. The molecule has 2 aromatic carbocycles. The molecule has 3 rings (SSSR count). The van der Waals surface area contributed by atoms with Gasteiger partial charge in [0.25, 0.3) is 6.33 Å². The number of aromatic nitrogens is 2. The molecule has 3 aromatic rings. The lowest BCUT2D eigenvalue weighted by Crippen LogP contribution is -2.30. The van der Waals surface area contributed by atoms with E-state index in [1.165, 1.54) is 0 Å². The fraction of sp³-hybridized carbons (Fsp3) is 0.516. The molecule has 0 amide bonds. The predicted molar refractivity (Wildman–Crippen MR) is 144 cm³/mol. The first-order valence-corrected chi connectivity index (χ1v) is 12.5. The van der Waals surface area contributed by atoms with Gasteiger partial charge in [0.05, 0.1) is 0 Å². The van der Waals surface area contributed by atoms with Crippen LogP contribution in [-0.4, -0.2) is 14.8 Å². The molecule has 0 aliphatic heterocycles. The van der Waals surface area contributed by atoms with E-state index in [0.29, 0.717) is 11.4 Å². The van der Waals surface area contributed by atoms with Crippen LogP contribution in [0.1, 0.15) is 105 Å². The number of phenolic OH excluding ortho intramolecular Hbond substituents is 2. The molecule has 0 saturated carbocycles. The molecule has 0 unspecified atom stereocenters.